The maximum Gasteiger partial charge on any atom is 0.264 e. The average Bonchev–Trinajstić information content (AvgIpc) is 3.02. The Hall–Kier alpha value is -4.70. The summed E-state index contributed by atoms with van der Waals surface area (Å²) in [6.45, 7) is 6.41. The van der Waals surface area contributed by atoms with Gasteiger partial charge in [0.2, 0.25) is 11.8 Å². The Morgan fingerprint density at radius 1 is 0.870 bits per heavy atom. The molecule has 8 nitrogen and oxygen atoms in total. The molecule has 1 atom stereocenters. The smallest absolute Gasteiger partial charge is 0.264 e. The van der Waals surface area contributed by atoms with Gasteiger partial charge < -0.3 is 15.0 Å². The molecule has 4 aromatic rings. The Bertz CT molecular complexity index is 1740. The van der Waals surface area contributed by atoms with Crippen molar-refractivity contribution in [3.8, 4) is 5.75 Å². The van der Waals surface area contributed by atoms with Gasteiger partial charge in [0.05, 0.1) is 17.7 Å². The number of hydrogen-bond donors (Lipinski definition) is 1. The maximum atomic E-state index is 15.1. The SMILES string of the molecule is COc1ccc(N(CC(=O)N(Cc2ccccc2F)C(Cc2ccccc2)C(=O)NC(C)(C)C)S(=O)(=O)c2ccc(C)cc2)cc1. The molecule has 10 heteroatoms. The maximum absolute atomic E-state index is 15.1. The molecule has 0 heterocycles. The molecule has 0 fully saturated rings. The van der Waals surface area contributed by atoms with Gasteiger partial charge in [-0.3, -0.25) is 13.9 Å². The number of aryl methyl sites for hydroxylation is 1. The van der Waals surface area contributed by atoms with Crippen LogP contribution in [0, 0.1) is 12.7 Å². The topological polar surface area (TPSA) is 96.0 Å². The first-order valence-corrected chi connectivity index (χ1v) is 16.3. The number of ether oxygens (including phenoxy) is 1. The average molecular weight is 646 g/mol. The van der Waals surface area contributed by atoms with Crippen LogP contribution in [0.25, 0.3) is 0 Å². The molecular weight excluding hydrogens is 605 g/mol. The number of carbonyl (C=O) groups excluding carboxylic acids is 2. The second kappa shape index (κ2) is 14.6. The number of benzene rings is 4. The summed E-state index contributed by atoms with van der Waals surface area (Å²) in [5, 5.41) is 2.96. The van der Waals surface area contributed by atoms with Crippen molar-refractivity contribution in [1.82, 2.24) is 10.2 Å². The Labute approximate surface area is 270 Å². The zero-order chi connectivity index (χ0) is 33.5. The lowest BCUT2D eigenvalue weighted by molar-refractivity contribution is -0.140. The highest BCUT2D eigenvalue weighted by atomic mass is 32.2. The van der Waals surface area contributed by atoms with Gasteiger partial charge in [-0.2, -0.15) is 0 Å². The summed E-state index contributed by atoms with van der Waals surface area (Å²) >= 11 is 0. The van der Waals surface area contributed by atoms with Crippen molar-refractivity contribution in [2.75, 3.05) is 18.0 Å². The van der Waals surface area contributed by atoms with Crippen LogP contribution in [0.4, 0.5) is 10.1 Å². The number of carbonyl (C=O) groups is 2. The Kier molecular flexibility index (Phi) is 10.8. The molecule has 4 rings (SSSR count). The van der Waals surface area contributed by atoms with E-state index in [1.54, 1.807) is 48.5 Å². The fraction of sp³-hybridized carbons (Fsp3) is 0.278. The Balaban J connectivity index is 1.83. The third kappa shape index (κ3) is 8.72. The van der Waals surface area contributed by atoms with Crippen molar-refractivity contribution in [1.29, 1.82) is 0 Å². The largest absolute Gasteiger partial charge is 0.497 e. The van der Waals surface area contributed by atoms with E-state index in [9.17, 15) is 18.0 Å². The molecule has 0 saturated heterocycles. The van der Waals surface area contributed by atoms with Gasteiger partial charge >= 0.3 is 0 Å². The Morgan fingerprint density at radius 2 is 1.48 bits per heavy atom. The zero-order valence-electron chi connectivity index (χ0n) is 26.7. The monoisotopic (exact) mass is 645 g/mol. The van der Waals surface area contributed by atoms with E-state index in [1.165, 1.54) is 36.3 Å². The molecule has 0 aliphatic rings. The van der Waals surface area contributed by atoms with E-state index >= 15 is 4.39 Å². The number of amides is 2. The van der Waals surface area contributed by atoms with E-state index in [4.69, 9.17) is 4.74 Å². The van der Waals surface area contributed by atoms with Gasteiger partial charge in [0.1, 0.15) is 24.2 Å². The van der Waals surface area contributed by atoms with Gasteiger partial charge in [0.15, 0.2) is 0 Å². The predicted octanol–water partition coefficient (Wildman–Crippen LogP) is 5.89. The molecule has 1 N–H and O–H groups in total. The van der Waals surface area contributed by atoms with E-state index < -0.39 is 45.8 Å². The second-order valence-corrected chi connectivity index (χ2v) is 13.9. The van der Waals surface area contributed by atoms with Crippen LogP contribution in [0.5, 0.6) is 5.75 Å². The molecule has 0 spiro atoms. The van der Waals surface area contributed by atoms with Crippen molar-refractivity contribution >= 4 is 27.5 Å². The summed E-state index contributed by atoms with van der Waals surface area (Å²) < 4.78 is 49.6. The summed E-state index contributed by atoms with van der Waals surface area (Å²) in [6.07, 6.45) is 0.121. The van der Waals surface area contributed by atoms with Crippen molar-refractivity contribution in [3.05, 3.63) is 126 Å². The number of anilines is 1. The number of nitrogens with zero attached hydrogens (tertiary/aromatic N) is 2. The van der Waals surface area contributed by atoms with Gasteiger partial charge in [0, 0.05) is 24.1 Å². The van der Waals surface area contributed by atoms with Crippen LogP contribution in [0.3, 0.4) is 0 Å². The second-order valence-electron chi connectivity index (χ2n) is 12.1. The first-order valence-electron chi connectivity index (χ1n) is 14.9. The summed E-state index contributed by atoms with van der Waals surface area (Å²) in [4.78, 5) is 29.7. The van der Waals surface area contributed by atoms with Crippen LogP contribution in [0.15, 0.2) is 108 Å². The molecule has 46 heavy (non-hydrogen) atoms. The lowest BCUT2D eigenvalue weighted by Gasteiger charge is -2.35. The highest BCUT2D eigenvalue weighted by Crippen LogP contribution is 2.27. The minimum atomic E-state index is -4.26. The fourth-order valence-electron chi connectivity index (χ4n) is 4.93. The fourth-order valence-corrected chi connectivity index (χ4v) is 6.35. The highest BCUT2D eigenvalue weighted by Gasteiger charge is 2.36. The third-order valence-corrected chi connectivity index (χ3v) is 9.10. The van der Waals surface area contributed by atoms with Crippen molar-refractivity contribution in [2.24, 2.45) is 0 Å². The summed E-state index contributed by atoms with van der Waals surface area (Å²) in [5.41, 5.74) is 1.43. The normalized spacial score (nSPS) is 12.2. The molecule has 0 aliphatic carbocycles. The van der Waals surface area contributed by atoms with Crippen LogP contribution in [-0.2, 0) is 32.6 Å². The van der Waals surface area contributed by atoms with E-state index in [-0.39, 0.29) is 29.1 Å². The van der Waals surface area contributed by atoms with Crippen molar-refractivity contribution in [2.45, 2.75) is 57.1 Å². The highest BCUT2D eigenvalue weighted by molar-refractivity contribution is 7.92. The quantitative estimate of drug-likeness (QED) is 0.207. The van der Waals surface area contributed by atoms with Crippen LogP contribution in [-0.4, -0.2) is 50.4 Å². The van der Waals surface area contributed by atoms with Crippen LogP contribution in [0.2, 0.25) is 0 Å². The molecule has 2 amide bonds. The lowest BCUT2D eigenvalue weighted by Crippen LogP contribution is -2.56. The molecule has 0 saturated carbocycles. The van der Waals surface area contributed by atoms with E-state index in [0.29, 0.717) is 5.75 Å². The van der Waals surface area contributed by atoms with Gasteiger partial charge in [0.25, 0.3) is 10.0 Å². The number of hydrogen-bond acceptors (Lipinski definition) is 5. The standard InChI is InChI=1S/C36H40FN3O5S/c1-26-15-21-31(22-16-26)46(43,44)40(29-17-19-30(45-5)20-18-29)25-34(41)39(24-28-13-9-10-14-32(28)37)33(35(42)38-36(2,3)4)23-27-11-7-6-8-12-27/h6-22,33H,23-25H2,1-5H3,(H,38,42). The van der Waals surface area contributed by atoms with Crippen molar-refractivity contribution in [3.63, 3.8) is 0 Å². The summed E-state index contributed by atoms with van der Waals surface area (Å²) in [6, 6.07) is 26.7. The van der Waals surface area contributed by atoms with Crippen molar-refractivity contribution < 1.29 is 27.1 Å². The number of nitrogens with one attached hydrogen (secondary N) is 1. The third-order valence-electron chi connectivity index (χ3n) is 7.32. The minimum Gasteiger partial charge on any atom is -0.497 e. The van der Waals surface area contributed by atoms with E-state index in [2.05, 4.69) is 5.32 Å². The lowest BCUT2D eigenvalue weighted by atomic mass is 10.0. The van der Waals surface area contributed by atoms with E-state index in [0.717, 1.165) is 15.4 Å². The van der Waals surface area contributed by atoms with Gasteiger partial charge in [-0.25, -0.2) is 12.8 Å². The molecule has 242 valence electrons. The van der Waals surface area contributed by atoms with Crippen LogP contribution < -0.4 is 14.4 Å². The minimum absolute atomic E-state index is 0.00585. The van der Waals surface area contributed by atoms with E-state index in [1.807, 2.05) is 58.0 Å². The van der Waals surface area contributed by atoms with Gasteiger partial charge in [-0.05, 0) is 75.7 Å². The Morgan fingerprint density at radius 3 is 2.07 bits per heavy atom. The first-order chi connectivity index (χ1) is 21.8. The number of halogens is 1. The summed E-state index contributed by atoms with van der Waals surface area (Å²) in [7, 11) is -2.77. The number of methoxy groups -OCH3 is 1. The van der Waals surface area contributed by atoms with Gasteiger partial charge in [-0.1, -0.05) is 66.2 Å². The molecule has 1 unspecified atom stereocenters. The summed E-state index contributed by atoms with van der Waals surface area (Å²) in [5.74, 6) is -1.17. The number of sulfonamides is 1. The zero-order valence-corrected chi connectivity index (χ0v) is 27.6. The predicted molar refractivity (Wildman–Crippen MR) is 177 cm³/mol. The van der Waals surface area contributed by atoms with Crippen LogP contribution in [0.1, 0.15) is 37.5 Å². The molecule has 0 radical (unpaired) electrons. The van der Waals surface area contributed by atoms with Crippen LogP contribution >= 0.6 is 0 Å². The molecule has 0 aliphatic heterocycles. The first kappa shape index (κ1) is 34.2. The molecule has 4 aromatic carbocycles. The molecular formula is C36H40FN3O5S. The van der Waals surface area contributed by atoms with Gasteiger partial charge in [-0.15, -0.1) is 0 Å². The molecule has 0 aromatic heterocycles. The molecule has 0 bridgehead atoms. The number of rotatable bonds is 12.